The van der Waals surface area contributed by atoms with Gasteiger partial charge in [-0.3, -0.25) is 4.79 Å². The lowest BCUT2D eigenvalue weighted by Gasteiger charge is -2.10. The molecule has 0 saturated heterocycles. The maximum absolute atomic E-state index is 13.1. The van der Waals surface area contributed by atoms with Crippen LogP contribution in [0.3, 0.4) is 0 Å². The highest BCUT2D eigenvalue weighted by molar-refractivity contribution is 5.75. The summed E-state index contributed by atoms with van der Waals surface area (Å²) in [7, 11) is 0. The molecule has 3 nitrogen and oxygen atoms in total. The summed E-state index contributed by atoms with van der Waals surface area (Å²) in [6.45, 7) is 2.81. The highest BCUT2D eigenvalue weighted by Crippen LogP contribution is 2.31. The molecule has 2 N–H and O–H groups in total. The molecule has 0 bridgehead atoms. The Morgan fingerprint density at radius 1 is 1.30 bits per heavy atom. The van der Waals surface area contributed by atoms with Gasteiger partial charge in [-0.2, -0.15) is 13.2 Å². The minimum Gasteiger partial charge on any atom is -0.356 e. The Bertz CT molecular complexity index is 460. The molecule has 1 aromatic carbocycles. The molecule has 1 aromatic rings. The van der Waals surface area contributed by atoms with Crippen molar-refractivity contribution in [2.45, 2.75) is 26.1 Å². The average molecular weight is 292 g/mol. The second-order valence-electron chi connectivity index (χ2n) is 4.19. The van der Waals surface area contributed by atoms with Crippen molar-refractivity contribution in [1.29, 1.82) is 0 Å². The number of alkyl halides is 3. The predicted molar refractivity (Wildman–Crippen MR) is 66.4 cm³/mol. The van der Waals surface area contributed by atoms with Gasteiger partial charge in [0.25, 0.3) is 0 Å². The van der Waals surface area contributed by atoms with E-state index in [1.807, 2.05) is 0 Å². The molecule has 20 heavy (non-hydrogen) atoms. The number of carbonyl (C=O) groups excluding carboxylic acids is 1. The van der Waals surface area contributed by atoms with E-state index < -0.39 is 17.6 Å². The van der Waals surface area contributed by atoms with Gasteiger partial charge in [0.2, 0.25) is 5.91 Å². The van der Waals surface area contributed by atoms with Crippen molar-refractivity contribution in [3.05, 3.63) is 35.1 Å². The summed E-state index contributed by atoms with van der Waals surface area (Å²) in [4.78, 5) is 11.1. The molecule has 1 rings (SSSR count). The molecule has 0 atom stereocenters. The normalized spacial score (nSPS) is 11.4. The summed E-state index contributed by atoms with van der Waals surface area (Å²) in [6.07, 6.45) is -4.47. The molecule has 0 aliphatic carbocycles. The first-order chi connectivity index (χ1) is 9.34. The fourth-order valence-corrected chi connectivity index (χ4v) is 1.62. The Kier molecular flexibility index (Phi) is 5.94. The van der Waals surface area contributed by atoms with E-state index >= 15 is 0 Å². The first-order valence-corrected chi connectivity index (χ1v) is 6.17. The first kappa shape index (κ1) is 16.4. The molecular formula is C13H16F4N2O. The van der Waals surface area contributed by atoms with E-state index in [1.165, 1.54) is 6.07 Å². The smallest absolute Gasteiger partial charge is 0.356 e. The number of hydrogen-bond donors (Lipinski definition) is 2. The van der Waals surface area contributed by atoms with E-state index in [1.54, 1.807) is 6.92 Å². The number of rotatable bonds is 6. The number of hydrogen-bond acceptors (Lipinski definition) is 2. The maximum Gasteiger partial charge on any atom is 0.419 e. The van der Waals surface area contributed by atoms with Gasteiger partial charge >= 0.3 is 6.18 Å². The van der Waals surface area contributed by atoms with Gasteiger partial charge in [0.05, 0.1) is 5.56 Å². The van der Waals surface area contributed by atoms with Crippen LogP contribution in [0.15, 0.2) is 18.2 Å². The third kappa shape index (κ3) is 5.16. The molecule has 0 unspecified atom stereocenters. The summed E-state index contributed by atoms with van der Waals surface area (Å²) in [6, 6.07) is 2.85. The van der Waals surface area contributed by atoms with Gasteiger partial charge in [0.15, 0.2) is 0 Å². The topological polar surface area (TPSA) is 41.1 Å². The number of nitrogens with one attached hydrogen (secondary N) is 2. The van der Waals surface area contributed by atoms with Crippen LogP contribution in [0.2, 0.25) is 0 Å². The fourth-order valence-electron chi connectivity index (χ4n) is 1.62. The summed E-state index contributed by atoms with van der Waals surface area (Å²) >= 11 is 0. The standard InChI is InChI=1S/C13H16F4N2O/c1-2-19-12(20)5-6-18-8-9-3-4-11(14)10(7-9)13(15,16)17/h3-4,7,18H,2,5-6,8H2,1H3,(H,19,20). The van der Waals surface area contributed by atoms with E-state index in [2.05, 4.69) is 10.6 Å². The van der Waals surface area contributed by atoms with Gasteiger partial charge in [-0.1, -0.05) is 6.07 Å². The van der Waals surface area contributed by atoms with Crippen molar-refractivity contribution in [2.24, 2.45) is 0 Å². The lowest BCUT2D eigenvalue weighted by atomic mass is 10.1. The molecule has 1 amide bonds. The van der Waals surface area contributed by atoms with E-state index in [0.29, 0.717) is 18.7 Å². The van der Waals surface area contributed by atoms with Crippen LogP contribution in [0, 0.1) is 5.82 Å². The van der Waals surface area contributed by atoms with Crippen molar-refractivity contribution in [3.63, 3.8) is 0 Å². The second kappa shape index (κ2) is 7.23. The molecule has 0 aromatic heterocycles. The quantitative estimate of drug-likeness (QED) is 0.624. The zero-order valence-corrected chi connectivity index (χ0v) is 11.0. The van der Waals surface area contributed by atoms with Crippen LogP contribution in [-0.4, -0.2) is 19.0 Å². The Morgan fingerprint density at radius 3 is 2.60 bits per heavy atom. The zero-order chi connectivity index (χ0) is 15.2. The highest BCUT2D eigenvalue weighted by Gasteiger charge is 2.34. The third-order valence-electron chi connectivity index (χ3n) is 2.57. The van der Waals surface area contributed by atoms with Gasteiger partial charge in [0.1, 0.15) is 5.82 Å². The molecule has 0 fully saturated rings. The van der Waals surface area contributed by atoms with Crippen molar-refractivity contribution >= 4 is 5.91 Å². The van der Waals surface area contributed by atoms with E-state index in [9.17, 15) is 22.4 Å². The summed E-state index contributed by atoms with van der Waals surface area (Å²) < 4.78 is 50.5. The number of benzene rings is 1. The lowest BCUT2D eigenvalue weighted by molar-refractivity contribution is -0.140. The maximum atomic E-state index is 13.1. The third-order valence-corrected chi connectivity index (χ3v) is 2.57. The SMILES string of the molecule is CCNC(=O)CCNCc1ccc(F)c(C(F)(F)F)c1. The minimum absolute atomic E-state index is 0.130. The number of halogens is 4. The molecule has 112 valence electrons. The largest absolute Gasteiger partial charge is 0.419 e. The molecular weight excluding hydrogens is 276 g/mol. The summed E-state index contributed by atoms with van der Waals surface area (Å²) in [5, 5.41) is 5.44. The molecule has 0 aliphatic rings. The molecule has 0 radical (unpaired) electrons. The van der Waals surface area contributed by atoms with Crippen molar-refractivity contribution in [2.75, 3.05) is 13.1 Å². The lowest BCUT2D eigenvalue weighted by Crippen LogP contribution is -2.27. The Balaban J connectivity index is 2.51. The zero-order valence-electron chi connectivity index (χ0n) is 11.0. The van der Waals surface area contributed by atoms with Gasteiger partial charge < -0.3 is 10.6 Å². The first-order valence-electron chi connectivity index (χ1n) is 6.17. The summed E-state index contributed by atoms with van der Waals surface area (Å²) in [5.74, 6) is -1.42. The molecule has 0 saturated carbocycles. The highest BCUT2D eigenvalue weighted by atomic mass is 19.4. The Labute approximate surface area is 114 Å². The second-order valence-corrected chi connectivity index (χ2v) is 4.19. The van der Waals surface area contributed by atoms with Crippen molar-refractivity contribution in [1.82, 2.24) is 10.6 Å². The van der Waals surface area contributed by atoms with Crippen LogP contribution in [0.25, 0.3) is 0 Å². The number of amides is 1. The average Bonchev–Trinajstić information content (AvgIpc) is 2.35. The van der Waals surface area contributed by atoms with Gasteiger partial charge in [-0.05, 0) is 24.6 Å². The number of carbonyl (C=O) groups is 1. The minimum atomic E-state index is -4.71. The van der Waals surface area contributed by atoms with Crippen LogP contribution in [-0.2, 0) is 17.5 Å². The van der Waals surface area contributed by atoms with Gasteiger partial charge in [-0.15, -0.1) is 0 Å². The molecule has 7 heteroatoms. The van der Waals surface area contributed by atoms with Gasteiger partial charge in [0, 0.05) is 26.1 Å². The summed E-state index contributed by atoms with van der Waals surface area (Å²) in [5.41, 5.74) is -0.963. The fraction of sp³-hybridized carbons (Fsp3) is 0.462. The van der Waals surface area contributed by atoms with Crippen LogP contribution >= 0.6 is 0 Å². The Morgan fingerprint density at radius 2 is 2.00 bits per heavy atom. The van der Waals surface area contributed by atoms with Crippen molar-refractivity contribution < 1.29 is 22.4 Å². The Hall–Kier alpha value is -1.63. The van der Waals surface area contributed by atoms with Crippen LogP contribution < -0.4 is 10.6 Å². The van der Waals surface area contributed by atoms with E-state index in [-0.39, 0.29) is 18.9 Å². The van der Waals surface area contributed by atoms with Crippen LogP contribution in [0.1, 0.15) is 24.5 Å². The predicted octanol–water partition coefficient (Wildman–Crippen LogP) is 2.46. The van der Waals surface area contributed by atoms with Crippen LogP contribution in [0.5, 0.6) is 0 Å². The monoisotopic (exact) mass is 292 g/mol. The van der Waals surface area contributed by atoms with Gasteiger partial charge in [-0.25, -0.2) is 4.39 Å². The molecule has 0 spiro atoms. The van der Waals surface area contributed by atoms with E-state index in [0.717, 1.165) is 12.1 Å². The molecule has 0 aliphatic heterocycles. The van der Waals surface area contributed by atoms with E-state index in [4.69, 9.17) is 0 Å². The van der Waals surface area contributed by atoms with Crippen LogP contribution in [0.4, 0.5) is 17.6 Å². The molecule has 0 heterocycles. The van der Waals surface area contributed by atoms with Crippen molar-refractivity contribution in [3.8, 4) is 0 Å².